The SMILES string of the molecule is O=C(NCCc1ccc(F)cc1)c1ccc(N2CCN(c3ccncc3)CC2)nc1.O=C(O)C(F)(F)F. The Morgan fingerprint density at radius 1 is 0.919 bits per heavy atom. The van der Waals surface area contributed by atoms with Crippen LogP contribution in [0.15, 0.2) is 67.1 Å². The number of rotatable bonds is 6. The standard InChI is InChI=1S/C23H24FN5O.C2HF3O2/c24-20-4-1-18(2-5-20)7-12-26-23(30)19-3-6-22(27-17-19)29-15-13-28(14-16-29)21-8-10-25-11-9-21;3-2(4,5)1(6)7/h1-6,8-11,17H,7,12-16H2,(H,26,30);(H,6,7). The fraction of sp³-hybridized carbons (Fsp3) is 0.280. The molecule has 0 saturated carbocycles. The van der Waals surface area contributed by atoms with Gasteiger partial charge in [-0.3, -0.25) is 9.78 Å². The summed E-state index contributed by atoms with van der Waals surface area (Å²) in [5.74, 6) is -2.29. The highest BCUT2D eigenvalue weighted by atomic mass is 19.4. The Morgan fingerprint density at radius 3 is 2.05 bits per heavy atom. The molecule has 2 N–H and O–H groups in total. The number of nitrogens with one attached hydrogen (secondary N) is 1. The molecule has 4 rings (SSSR count). The van der Waals surface area contributed by atoms with Gasteiger partial charge < -0.3 is 20.2 Å². The van der Waals surface area contributed by atoms with E-state index < -0.39 is 12.1 Å². The topological polar surface area (TPSA) is 98.7 Å². The third-order valence-corrected chi connectivity index (χ3v) is 5.50. The number of nitrogens with zero attached hydrogens (tertiary/aromatic N) is 4. The third-order valence-electron chi connectivity index (χ3n) is 5.50. The Morgan fingerprint density at radius 2 is 1.51 bits per heavy atom. The van der Waals surface area contributed by atoms with E-state index in [1.54, 1.807) is 18.3 Å². The number of aromatic nitrogens is 2. The van der Waals surface area contributed by atoms with Crippen LogP contribution in [0.5, 0.6) is 0 Å². The van der Waals surface area contributed by atoms with Gasteiger partial charge in [-0.15, -0.1) is 0 Å². The minimum Gasteiger partial charge on any atom is -0.475 e. The van der Waals surface area contributed by atoms with Crippen molar-refractivity contribution in [1.29, 1.82) is 0 Å². The number of piperazine rings is 1. The molecule has 1 amide bonds. The van der Waals surface area contributed by atoms with Crippen molar-refractivity contribution < 1.29 is 32.3 Å². The van der Waals surface area contributed by atoms with Crippen molar-refractivity contribution in [3.05, 3.63) is 84.1 Å². The number of amides is 1. The van der Waals surface area contributed by atoms with Gasteiger partial charge >= 0.3 is 12.1 Å². The van der Waals surface area contributed by atoms with Crippen molar-refractivity contribution in [3.63, 3.8) is 0 Å². The van der Waals surface area contributed by atoms with Crippen LogP contribution in [0.1, 0.15) is 15.9 Å². The van der Waals surface area contributed by atoms with Gasteiger partial charge in [0.15, 0.2) is 0 Å². The van der Waals surface area contributed by atoms with Crippen LogP contribution >= 0.6 is 0 Å². The number of carbonyl (C=O) groups excluding carboxylic acids is 1. The summed E-state index contributed by atoms with van der Waals surface area (Å²) in [6.45, 7) is 4.06. The molecule has 196 valence electrons. The fourth-order valence-electron chi connectivity index (χ4n) is 3.53. The number of hydrogen-bond donors (Lipinski definition) is 2. The summed E-state index contributed by atoms with van der Waals surface area (Å²) in [6.07, 6.45) is 0.816. The number of alkyl halides is 3. The van der Waals surface area contributed by atoms with E-state index in [1.165, 1.54) is 17.8 Å². The minimum atomic E-state index is -5.08. The number of hydrogen-bond acceptors (Lipinski definition) is 6. The molecular formula is C25H25F4N5O3. The second kappa shape index (κ2) is 12.7. The molecule has 8 nitrogen and oxygen atoms in total. The van der Waals surface area contributed by atoms with Crippen LogP contribution in [0, 0.1) is 5.82 Å². The molecule has 1 aliphatic heterocycles. The molecule has 0 atom stereocenters. The molecule has 0 spiro atoms. The Bertz CT molecular complexity index is 1150. The zero-order valence-corrected chi connectivity index (χ0v) is 19.7. The molecule has 37 heavy (non-hydrogen) atoms. The maximum absolute atomic E-state index is 12.9. The normalized spacial score (nSPS) is 13.4. The van der Waals surface area contributed by atoms with Crippen LogP contribution in [0.4, 0.5) is 29.1 Å². The summed E-state index contributed by atoms with van der Waals surface area (Å²) >= 11 is 0. The Balaban J connectivity index is 0.000000479. The average Bonchev–Trinajstić information content (AvgIpc) is 2.90. The zero-order chi connectivity index (χ0) is 26.8. The molecule has 0 radical (unpaired) electrons. The average molecular weight is 519 g/mol. The lowest BCUT2D eigenvalue weighted by Crippen LogP contribution is -2.46. The van der Waals surface area contributed by atoms with Crippen molar-refractivity contribution in [2.24, 2.45) is 0 Å². The van der Waals surface area contributed by atoms with Gasteiger partial charge in [-0.1, -0.05) is 12.1 Å². The maximum atomic E-state index is 12.9. The summed E-state index contributed by atoms with van der Waals surface area (Å²) in [5.41, 5.74) is 2.70. The van der Waals surface area contributed by atoms with E-state index in [2.05, 4.69) is 25.1 Å². The monoisotopic (exact) mass is 519 g/mol. The van der Waals surface area contributed by atoms with Gasteiger partial charge in [-0.25, -0.2) is 14.2 Å². The van der Waals surface area contributed by atoms with Gasteiger partial charge in [0.25, 0.3) is 5.91 Å². The summed E-state index contributed by atoms with van der Waals surface area (Å²) in [7, 11) is 0. The van der Waals surface area contributed by atoms with Crippen LogP contribution in [0.2, 0.25) is 0 Å². The van der Waals surface area contributed by atoms with Gasteiger partial charge in [0, 0.05) is 57.0 Å². The second-order valence-electron chi connectivity index (χ2n) is 8.02. The van der Waals surface area contributed by atoms with E-state index in [4.69, 9.17) is 9.90 Å². The van der Waals surface area contributed by atoms with Gasteiger partial charge in [0.1, 0.15) is 11.6 Å². The lowest BCUT2D eigenvalue weighted by Gasteiger charge is -2.36. The second-order valence-corrected chi connectivity index (χ2v) is 8.02. The Labute approximate surface area is 210 Å². The van der Waals surface area contributed by atoms with E-state index in [0.29, 0.717) is 18.5 Å². The maximum Gasteiger partial charge on any atom is 0.490 e. The van der Waals surface area contributed by atoms with Gasteiger partial charge in [-0.05, 0) is 48.4 Å². The van der Waals surface area contributed by atoms with Crippen LogP contribution in [-0.4, -0.2) is 65.9 Å². The van der Waals surface area contributed by atoms with Gasteiger partial charge in [-0.2, -0.15) is 13.2 Å². The number of anilines is 2. The van der Waals surface area contributed by atoms with E-state index >= 15 is 0 Å². The van der Waals surface area contributed by atoms with Crippen LogP contribution in [-0.2, 0) is 11.2 Å². The molecule has 0 aliphatic carbocycles. The lowest BCUT2D eigenvalue weighted by atomic mass is 10.1. The van der Waals surface area contributed by atoms with Crippen molar-refractivity contribution in [3.8, 4) is 0 Å². The molecule has 3 heterocycles. The molecular weight excluding hydrogens is 494 g/mol. The van der Waals surface area contributed by atoms with Gasteiger partial charge in [0.05, 0.1) is 5.56 Å². The summed E-state index contributed by atoms with van der Waals surface area (Å²) < 4.78 is 44.7. The number of pyridine rings is 2. The van der Waals surface area contributed by atoms with Gasteiger partial charge in [0.2, 0.25) is 0 Å². The number of benzene rings is 1. The number of carboxylic acids is 1. The zero-order valence-electron chi connectivity index (χ0n) is 19.7. The Kier molecular flexibility index (Phi) is 9.36. The van der Waals surface area contributed by atoms with E-state index in [0.717, 1.165) is 37.6 Å². The molecule has 1 fully saturated rings. The van der Waals surface area contributed by atoms with E-state index in [1.807, 2.05) is 36.7 Å². The summed E-state index contributed by atoms with van der Waals surface area (Å²) in [4.78, 5) is 34.4. The van der Waals surface area contributed by atoms with Crippen LogP contribution in [0.3, 0.4) is 0 Å². The first-order valence-corrected chi connectivity index (χ1v) is 11.3. The quantitative estimate of drug-likeness (QED) is 0.481. The number of aliphatic carboxylic acids is 1. The molecule has 3 aromatic rings. The van der Waals surface area contributed by atoms with Crippen LogP contribution in [0.25, 0.3) is 0 Å². The highest BCUT2D eigenvalue weighted by molar-refractivity contribution is 5.94. The highest BCUT2D eigenvalue weighted by Crippen LogP contribution is 2.19. The van der Waals surface area contributed by atoms with Crippen molar-refractivity contribution in [2.75, 3.05) is 42.5 Å². The first kappa shape index (κ1) is 27.4. The molecule has 12 heteroatoms. The molecule has 1 saturated heterocycles. The number of carbonyl (C=O) groups is 2. The van der Waals surface area contributed by atoms with E-state index in [-0.39, 0.29) is 11.7 Å². The van der Waals surface area contributed by atoms with Crippen molar-refractivity contribution in [1.82, 2.24) is 15.3 Å². The largest absolute Gasteiger partial charge is 0.490 e. The fourth-order valence-corrected chi connectivity index (χ4v) is 3.53. The van der Waals surface area contributed by atoms with Crippen molar-refractivity contribution >= 4 is 23.4 Å². The molecule has 0 unspecified atom stereocenters. The number of halogens is 4. The first-order chi connectivity index (χ1) is 17.6. The summed E-state index contributed by atoms with van der Waals surface area (Å²) in [6, 6.07) is 14.1. The predicted molar refractivity (Wildman–Crippen MR) is 129 cm³/mol. The number of carboxylic acid groups (broad SMARTS) is 1. The Hall–Kier alpha value is -4.22. The van der Waals surface area contributed by atoms with E-state index in [9.17, 15) is 22.4 Å². The third kappa shape index (κ3) is 8.44. The van der Waals surface area contributed by atoms with Crippen molar-refractivity contribution in [2.45, 2.75) is 12.6 Å². The highest BCUT2D eigenvalue weighted by Gasteiger charge is 2.38. The summed E-state index contributed by atoms with van der Waals surface area (Å²) in [5, 5.41) is 10.0. The molecule has 1 aromatic carbocycles. The smallest absolute Gasteiger partial charge is 0.475 e. The molecule has 2 aromatic heterocycles. The molecule has 0 bridgehead atoms. The lowest BCUT2D eigenvalue weighted by molar-refractivity contribution is -0.192. The predicted octanol–water partition coefficient (Wildman–Crippen LogP) is 3.55. The van der Waals surface area contributed by atoms with Crippen LogP contribution < -0.4 is 15.1 Å². The molecule has 1 aliphatic rings. The minimum absolute atomic E-state index is 0.154. The first-order valence-electron chi connectivity index (χ1n) is 11.3.